The van der Waals surface area contributed by atoms with Crippen molar-refractivity contribution in [1.82, 2.24) is 0 Å². The fraction of sp³-hybridized carbons (Fsp3) is 0.235. The smallest absolute Gasteiger partial charge is 0.395 e. The standard InChI is InChI=1S/C17H18O3/c1-3-13-9-8-12-16(15(13)4-2)20-17(18)19-14-10-6-5-7-11-14/h5-12H,3-4H2,1-2H3. The van der Waals surface area contributed by atoms with Crippen LogP contribution in [0.4, 0.5) is 4.79 Å². The van der Waals surface area contributed by atoms with Gasteiger partial charge in [0.15, 0.2) is 0 Å². The topological polar surface area (TPSA) is 35.5 Å². The van der Waals surface area contributed by atoms with Gasteiger partial charge < -0.3 is 9.47 Å². The van der Waals surface area contributed by atoms with Gasteiger partial charge in [-0.05, 0) is 42.2 Å². The van der Waals surface area contributed by atoms with Gasteiger partial charge in [-0.1, -0.05) is 44.2 Å². The summed E-state index contributed by atoms with van der Waals surface area (Å²) in [5.41, 5.74) is 2.25. The third-order valence-electron chi connectivity index (χ3n) is 3.10. The monoisotopic (exact) mass is 270 g/mol. The highest BCUT2D eigenvalue weighted by molar-refractivity contribution is 5.67. The molecule has 0 unspecified atom stereocenters. The van der Waals surface area contributed by atoms with Crippen LogP contribution in [0.25, 0.3) is 0 Å². The molecular weight excluding hydrogens is 252 g/mol. The molecule has 3 nitrogen and oxygen atoms in total. The van der Waals surface area contributed by atoms with Crippen molar-refractivity contribution in [3.63, 3.8) is 0 Å². The van der Waals surface area contributed by atoms with E-state index < -0.39 is 6.16 Å². The maximum absolute atomic E-state index is 11.8. The van der Waals surface area contributed by atoms with Crippen LogP contribution in [0.1, 0.15) is 25.0 Å². The maximum atomic E-state index is 11.8. The molecule has 104 valence electrons. The van der Waals surface area contributed by atoms with E-state index >= 15 is 0 Å². The predicted octanol–water partition coefficient (Wildman–Crippen LogP) is 4.39. The van der Waals surface area contributed by atoms with Gasteiger partial charge in [0.25, 0.3) is 0 Å². The molecular formula is C17H18O3. The molecule has 0 saturated heterocycles. The molecule has 2 aromatic carbocycles. The summed E-state index contributed by atoms with van der Waals surface area (Å²) in [5, 5.41) is 0. The van der Waals surface area contributed by atoms with Crippen molar-refractivity contribution in [2.24, 2.45) is 0 Å². The molecule has 0 atom stereocenters. The molecule has 0 bridgehead atoms. The van der Waals surface area contributed by atoms with Gasteiger partial charge in [-0.25, -0.2) is 4.79 Å². The first-order chi connectivity index (χ1) is 9.74. The summed E-state index contributed by atoms with van der Waals surface area (Å²) in [5.74, 6) is 1.05. The van der Waals surface area contributed by atoms with Crippen LogP contribution in [0.2, 0.25) is 0 Å². The Labute approximate surface area is 119 Å². The summed E-state index contributed by atoms with van der Waals surface area (Å²) in [4.78, 5) is 11.8. The minimum absolute atomic E-state index is 0.474. The minimum Gasteiger partial charge on any atom is -0.395 e. The Hall–Kier alpha value is -2.29. The van der Waals surface area contributed by atoms with Crippen molar-refractivity contribution in [3.05, 3.63) is 59.7 Å². The van der Waals surface area contributed by atoms with Crippen LogP contribution < -0.4 is 9.47 Å². The lowest BCUT2D eigenvalue weighted by molar-refractivity contribution is 0.151. The summed E-state index contributed by atoms with van der Waals surface area (Å²) in [6, 6.07) is 14.6. The van der Waals surface area contributed by atoms with Crippen LogP contribution in [0.15, 0.2) is 48.5 Å². The Morgan fingerprint density at radius 3 is 2.30 bits per heavy atom. The molecule has 3 heteroatoms. The van der Waals surface area contributed by atoms with Gasteiger partial charge in [0, 0.05) is 0 Å². The number of rotatable bonds is 4. The van der Waals surface area contributed by atoms with E-state index in [1.165, 1.54) is 5.56 Å². The van der Waals surface area contributed by atoms with Gasteiger partial charge >= 0.3 is 6.16 Å². The number of hydrogen-bond donors (Lipinski definition) is 0. The van der Waals surface area contributed by atoms with Gasteiger partial charge in [-0.3, -0.25) is 0 Å². The highest BCUT2D eigenvalue weighted by atomic mass is 16.7. The van der Waals surface area contributed by atoms with Gasteiger partial charge in [0.1, 0.15) is 11.5 Å². The number of para-hydroxylation sites is 1. The fourth-order valence-electron chi connectivity index (χ4n) is 2.13. The molecule has 0 saturated carbocycles. The summed E-state index contributed by atoms with van der Waals surface area (Å²) in [7, 11) is 0. The zero-order valence-electron chi connectivity index (χ0n) is 11.8. The van der Waals surface area contributed by atoms with E-state index in [4.69, 9.17) is 9.47 Å². The number of carbonyl (C=O) groups is 1. The van der Waals surface area contributed by atoms with E-state index in [1.807, 2.05) is 25.1 Å². The molecule has 0 N–H and O–H groups in total. The molecule has 0 aliphatic rings. The maximum Gasteiger partial charge on any atom is 0.519 e. The SMILES string of the molecule is CCc1cccc(OC(=O)Oc2ccccc2)c1CC. The van der Waals surface area contributed by atoms with Gasteiger partial charge in [-0.15, -0.1) is 0 Å². The van der Waals surface area contributed by atoms with Crippen molar-refractivity contribution < 1.29 is 14.3 Å². The van der Waals surface area contributed by atoms with Crippen LogP contribution in [0.3, 0.4) is 0 Å². The normalized spacial score (nSPS) is 10.1. The van der Waals surface area contributed by atoms with E-state index in [0.717, 1.165) is 18.4 Å². The summed E-state index contributed by atoms with van der Waals surface area (Å²) in [6.45, 7) is 4.13. The zero-order valence-corrected chi connectivity index (χ0v) is 11.8. The summed E-state index contributed by atoms with van der Waals surface area (Å²) < 4.78 is 10.5. The zero-order chi connectivity index (χ0) is 14.4. The Balaban J connectivity index is 2.12. The molecule has 20 heavy (non-hydrogen) atoms. The molecule has 0 amide bonds. The average Bonchev–Trinajstić information content (AvgIpc) is 2.47. The number of carbonyl (C=O) groups excluding carboxylic acids is 1. The highest BCUT2D eigenvalue weighted by Crippen LogP contribution is 2.24. The van der Waals surface area contributed by atoms with Crippen LogP contribution in [0, 0.1) is 0 Å². The van der Waals surface area contributed by atoms with Crippen LogP contribution in [0.5, 0.6) is 11.5 Å². The molecule has 0 spiro atoms. The van der Waals surface area contributed by atoms with Crippen LogP contribution in [-0.2, 0) is 12.8 Å². The fourth-order valence-corrected chi connectivity index (χ4v) is 2.13. The van der Waals surface area contributed by atoms with E-state index in [0.29, 0.717) is 11.5 Å². The van der Waals surface area contributed by atoms with Crippen molar-refractivity contribution in [2.45, 2.75) is 26.7 Å². The summed E-state index contributed by atoms with van der Waals surface area (Å²) >= 11 is 0. The molecule has 0 radical (unpaired) electrons. The van der Waals surface area contributed by atoms with Crippen molar-refractivity contribution >= 4 is 6.16 Å². The van der Waals surface area contributed by atoms with Crippen molar-refractivity contribution in [1.29, 1.82) is 0 Å². The average molecular weight is 270 g/mol. The quantitative estimate of drug-likeness (QED) is 0.610. The molecule has 0 heterocycles. The second-order valence-electron chi connectivity index (χ2n) is 4.37. The first-order valence-electron chi connectivity index (χ1n) is 6.80. The second-order valence-corrected chi connectivity index (χ2v) is 4.37. The molecule has 0 aliphatic carbocycles. The number of ether oxygens (including phenoxy) is 2. The Bertz CT molecular complexity index is 576. The number of aryl methyl sites for hydroxylation is 1. The molecule has 2 aromatic rings. The molecule has 0 aromatic heterocycles. The highest BCUT2D eigenvalue weighted by Gasteiger charge is 2.12. The van der Waals surface area contributed by atoms with Crippen molar-refractivity contribution in [3.8, 4) is 11.5 Å². The second kappa shape index (κ2) is 6.75. The first kappa shape index (κ1) is 14.1. The summed E-state index contributed by atoms with van der Waals surface area (Å²) in [6.07, 6.45) is 1.02. The van der Waals surface area contributed by atoms with Crippen LogP contribution in [-0.4, -0.2) is 6.16 Å². The Kier molecular flexibility index (Phi) is 4.77. The lowest BCUT2D eigenvalue weighted by Crippen LogP contribution is -2.15. The molecule has 0 aliphatic heterocycles. The minimum atomic E-state index is -0.709. The predicted molar refractivity (Wildman–Crippen MR) is 78.3 cm³/mol. The lowest BCUT2D eigenvalue weighted by atomic mass is 10.0. The van der Waals surface area contributed by atoms with Gasteiger partial charge in [0.2, 0.25) is 0 Å². The van der Waals surface area contributed by atoms with E-state index in [2.05, 4.69) is 6.92 Å². The lowest BCUT2D eigenvalue weighted by Gasteiger charge is -2.12. The third kappa shape index (κ3) is 3.38. The number of benzene rings is 2. The van der Waals surface area contributed by atoms with E-state index in [9.17, 15) is 4.79 Å². The Morgan fingerprint density at radius 2 is 1.65 bits per heavy atom. The number of hydrogen-bond acceptors (Lipinski definition) is 3. The molecule has 0 fully saturated rings. The first-order valence-corrected chi connectivity index (χ1v) is 6.80. The van der Waals surface area contributed by atoms with Crippen molar-refractivity contribution in [2.75, 3.05) is 0 Å². The largest absolute Gasteiger partial charge is 0.519 e. The Morgan fingerprint density at radius 1 is 0.900 bits per heavy atom. The van der Waals surface area contributed by atoms with E-state index in [-0.39, 0.29) is 0 Å². The van der Waals surface area contributed by atoms with E-state index in [1.54, 1.807) is 30.3 Å². The van der Waals surface area contributed by atoms with Gasteiger partial charge in [0.05, 0.1) is 0 Å². The molecule has 2 rings (SSSR count). The van der Waals surface area contributed by atoms with Crippen LogP contribution >= 0.6 is 0 Å². The van der Waals surface area contributed by atoms with Gasteiger partial charge in [-0.2, -0.15) is 0 Å². The third-order valence-corrected chi connectivity index (χ3v) is 3.10.